The van der Waals surface area contributed by atoms with Crippen molar-refractivity contribution in [1.29, 1.82) is 0 Å². The average Bonchev–Trinajstić information content (AvgIpc) is 3.43. The first kappa shape index (κ1) is 22.7. The summed E-state index contributed by atoms with van der Waals surface area (Å²) in [6.45, 7) is 3.06. The molecule has 178 valence electrons. The minimum atomic E-state index is 0.369. The molecule has 0 amide bonds. The fourth-order valence-corrected chi connectivity index (χ4v) is 4.59. The average molecular weight is 488 g/mol. The summed E-state index contributed by atoms with van der Waals surface area (Å²) in [7, 11) is 4.71. The van der Waals surface area contributed by atoms with E-state index in [0.29, 0.717) is 33.4 Å². The largest absolute Gasteiger partial charge is 0.493 e. The molecule has 35 heavy (non-hydrogen) atoms. The number of aromatic nitrogens is 4. The van der Waals surface area contributed by atoms with Crippen LogP contribution in [-0.4, -0.2) is 47.0 Å². The second-order valence-corrected chi connectivity index (χ2v) is 8.25. The van der Waals surface area contributed by atoms with Crippen LogP contribution in [0.5, 0.6) is 17.2 Å². The number of methoxy groups -OCH3 is 3. The molecule has 2 aromatic heterocycles. The number of nitrogens with zero attached hydrogens (tertiary/aromatic N) is 4. The Labute approximate surface area is 207 Å². The highest BCUT2D eigenvalue weighted by Crippen LogP contribution is 2.40. The molecular formula is C26H25N5O3S. The van der Waals surface area contributed by atoms with Crippen LogP contribution in [0, 0.1) is 4.77 Å². The number of rotatable bonds is 7. The number of hydrogen-bond donors (Lipinski definition) is 1. The van der Waals surface area contributed by atoms with Gasteiger partial charge in [0, 0.05) is 33.9 Å². The first-order valence-corrected chi connectivity index (χ1v) is 11.5. The number of fused-ring (bicyclic) bond motifs is 3. The van der Waals surface area contributed by atoms with Crippen LogP contribution < -0.4 is 14.2 Å². The highest BCUT2D eigenvalue weighted by atomic mass is 32.1. The molecule has 0 aliphatic rings. The molecule has 8 nitrogen and oxygen atoms in total. The summed E-state index contributed by atoms with van der Waals surface area (Å²) in [5, 5.41) is 14.3. The van der Waals surface area contributed by atoms with E-state index in [1.54, 1.807) is 32.2 Å². The van der Waals surface area contributed by atoms with E-state index >= 15 is 0 Å². The summed E-state index contributed by atoms with van der Waals surface area (Å²) in [6.07, 6.45) is 1.78. The van der Waals surface area contributed by atoms with Gasteiger partial charge in [-0.3, -0.25) is 0 Å². The molecule has 0 spiro atoms. The van der Waals surface area contributed by atoms with Gasteiger partial charge in [0.05, 0.1) is 27.5 Å². The Morgan fingerprint density at radius 3 is 2.34 bits per heavy atom. The Morgan fingerprint density at radius 2 is 1.66 bits per heavy atom. The van der Waals surface area contributed by atoms with Crippen molar-refractivity contribution in [3.05, 3.63) is 64.9 Å². The summed E-state index contributed by atoms with van der Waals surface area (Å²) < 4.78 is 20.7. The van der Waals surface area contributed by atoms with Gasteiger partial charge in [-0.1, -0.05) is 24.3 Å². The number of nitrogens with one attached hydrogen (secondary N) is 1. The second kappa shape index (κ2) is 9.27. The SMILES string of the molecule is CCn1c2ccccc2c2cc(C=Nn3c(-c4cc(OC)c(OC)c(OC)c4)n[nH]c3=S)ccc21. The van der Waals surface area contributed by atoms with E-state index in [2.05, 4.69) is 69.3 Å². The van der Waals surface area contributed by atoms with Crippen LogP contribution in [0.2, 0.25) is 0 Å². The van der Waals surface area contributed by atoms with Gasteiger partial charge in [0.15, 0.2) is 17.3 Å². The number of para-hydroxylation sites is 1. The van der Waals surface area contributed by atoms with Crippen LogP contribution in [0.25, 0.3) is 33.2 Å². The Bertz CT molecular complexity index is 1600. The summed E-state index contributed by atoms with van der Waals surface area (Å²) in [5.74, 6) is 2.06. The minimum absolute atomic E-state index is 0.369. The lowest BCUT2D eigenvalue weighted by molar-refractivity contribution is 0.324. The van der Waals surface area contributed by atoms with E-state index in [9.17, 15) is 0 Å². The van der Waals surface area contributed by atoms with Crippen LogP contribution in [0.1, 0.15) is 12.5 Å². The van der Waals surface area contributed by atoms with Crippen molar-refractivity contribution in [3.63, 3.8) is 0 Å². The molecule has 0 atom stereocenters. The molecule has 0 unspecified atom stereocenters. The predicted molar refractivity (Wildman–Crippen MR) is 141 cm³/mol. The summed E-state index contributed by atoms with van der Waals surface area (Å²) in [6, 6.07) is 18.4. The van der Waals surface area contributed by atoms with E-state index < -0.39 is 0 Å². The molecule has 3 aromatic carbocycles. The summed E-state index contributed by atoms with van der Waals surface area (Å²) in [5.41, 5.74) is 4.09. The molecule has 1 N–H and O–H groups in total. The number of aromatic amines is 1. The van der Waals surface area contributed by atoms with Crippen molar-refractivity contribution >= 4 is 40.2 Å². The zero-order valence-electron chi connectivity index (χ0n) is 19.9. The van der Waals surface area contributed by atoms with Crippen LogP contribution in [0.15, 0.2) is 59.7 Å². The number of aryl methyl sites for hydroxylation is 1. The molecule has 9 heteroatoms. The summed E-state index contributed by atoms with van der Waals surface area (Å²) >= 11 is 5.46. The highest BCUT2D eigenvalue weighted by Gasteiger charge is 2.17. The summed E-state index contributed by atoms with van der Waals surface area (Å²) in [4.78, 5) is 0. The zero-order valence-corrected chi connectivity index (χ0v) is 20.7. The number of ether oxygens (including phenoxy) is 3. The third-order valence-corrected chi connectivity index (χ3v) is 6.27. The van der Waals surface area contributed by atoms with Gasteiger partial charge in [-0.05, 0) is 55.0 Å². The number of benzene rings is 3. The number of hydrogen-bond acceptors (Lipinski definition) is 6. The normalized spacial score (nSPS) is 11.5. The van der Waals surface area contributed by atoms with Crippen molar-refractivity contribution in [1.82, 2.24) is 19.4 Å². The monoisotopic (exact) mass is 487 g/mol. The van der Waals surface area contributed by atoms with Gasteiger partial charge in [0.25, 0.3) is 0 Å². The van der Waals surface area contributed by atoms with Crippen LogP contribution in [-0.2, 0) is 6.54 Å². The molecule has 0 saturated heterocycles. The molecule has 5 aromatic rings. The lowest BCUT2D eigenvalue weighted by Gasteiger charge is -2.13. The van der Waals surface area contributed by atoms with Gasteiger partial charge in [0.2, 0.25) is 10.5 Å². The van der Waals surface area contributed by atoms with Gasteiger partial charge >= 0.3 is 0 Å². The fourth-order valence-electron chi connectivity index (χ4n) is 4.41. The van der Waals surface area contributed by atoms with Crippen molar-refractivity contribution in [3.8, 4) is 28.6 Å². The Balaban J connectivity index is 1.58. The van der Waals surface area contributed by atoms with Crippen molar-refractivity contribution in [2.45, 2.75) is 13.5 Å². The van der Waals surface area contributed by atoms with Crippen molar-refractivity contribution < 1.29 is 14.2 Å². The maximum absolute atomic E-state index is 5.49. The second-order valence-electron chi connectivity index (χ2n) is 7.86. The molecule has 0 aliphatic carbocycles. The molecule has 0 saturated carbocycles. The molecule has 0 bridgehead atoms. The minimum Gasteiger partial charge on any atom is -0.493 e. The smallest absolute Gasteiger partial charge is 0.216 e. The molecule has 0 aliphatic heterocycles. The molecule has 5 rings (SSSR count). The topological polar surface area (TPSA) is 78.6 Å². The first-order chi connectivity index (χ1) is 17.1. The third kappa shape index (κ3) is 3.83. The van der Waals surface area contributed by atoms with E-state index in [-0.39, 0.29) is 0 Å². The van der Waals surface area contributed by atoms with Gasteiger partial charge in [-0.25, -0.2) is 5.10 Å². The van der Waals surface area contributed by atoms with E-state index in [0.717, 1.165) is 12.1 Å². The standard InChI is InChI=1S/C26H25N5O3S/c1-5-30-20-9-7-6-8-18(20)19-12-16(10-11-21(19)30)15-27-31-25(28-29-26(31)35)17-13-22(32-2)24(34-4)23(14-17)33-3/h6-15H,5H2,1-4H3,(H,29,35). The lowest BCUT2D eigenvalue weighted by atomic mass is 10.1. The maximum atomic E-state index is 5.49. The molecular weight excluding hydrogens is 462 g/mol. The van der Waals surface area contributed by atoms with E-state index in [1.807, 2.05) is 12.1 Å². The van der Waals surface area contributed by atoms with Crippen molar-refractivity contribution in [2.24, 2.45) is 5.10 Å². The van der Waals surface area contributed by atoms with E-state index in [4.69, 9.17) is 26.4 Å². The Morgan fingerprint density at radius 1 is 0.943 bits per heavy atom. The predicted octanol–water partition coefficient (Wildman–Crippen LogP) is 5.64. The quantitative estimate of drug-likeness (QED) is 0.237. The Kier molecular flexibility index (Phi) is 6.00. The van der Waals surface area contributed by atoms with Gasteiger partial charge in [0.1, 0.15) is 0 Å². The Hall–Kier alpha value is -4.11. The first-order valence-electron chi connectivity index (χ1n) is 11.1. The third-order valence-electron chi connectivity index (χ3n) is 6.01. The lowest BCUT2D eigenvalue weighted by Crippen LogP contribution is -1.99. The van der Waals surface area contributed by atoms with Crippen LogP contribution in [0.4, 0.5) is 0 Å². The highest BCUT2D eigenvalue weighted by molar-refractivity contribution is 7.71. The molecule has 2 heterocycles. The fraction of sp³-hybridized carbons (Fsp3) is 0.192. The van der Waals surface area contributed by atoms with Crippen LogP contribution >= 0.6 is 12.2 Å². The van der Waals surface area contributed by atoms with Crippen LogP contribution in [0.3, 0.4) is 0 Å². The van der Waals surface area contributed by atoms with Crippen molar-refractivity contribution in [2.75, 3.05) is 21.3 Å². The maximum Gasteiger partial charge on any atom is 0.216 e. The number of H-pyrrole nitrogens is 1. The van der Waals surface area contributed by atoms with Gasteiger partial charge in [-0.15, -0.1) is 0 Å². The zero-order chi connectivity index (χ0) is 24.5. The van der Waals surface area contributed by atoms with E-state index in [1.165, 1.54) is 21.8 Å². The molecule has 0 radical (unpaired) electrons. The van der Waals surface area contributed by atoms with Gasteiger partial charge < -0.3 is 18.8 Å². The van der Waals surface area contributed by atoms with Gasteiger partial charge in [-0.2, -0.15) is 14.9 Å². The molecule has 0 fully saturated rings.